The van der Waals surface area contributed by atoms with E-state index in [9.17, 15) is 9.90 Å². The lowest BCUT2D eigenvalue weighted by molar-refractivity contribution is -0.215. The van der Waals surface area contributed by atoms with Crippen molar-refractivity contribution in [2.45, 2.75) is 50.8 Å². The maximum Gasteiger partial charge on any atom is 0.410 e. The van der Waals surface area contributed by atoms with Crippen LogP contribution in [0.4, 0.5) is 4.79 Å². The maximum atomic E-state index is 12.4. The van der Waals surface area contributed by atoms with Crippen LogP contribution in [0.15, 0.2) is 24.3 Å². The van der Waals surface area contributed by atoms with Gasteiger partial charge in [0.05, 0.1) is 0 Å². The number of amides is 1. The number of carboxylic acid groups (broad SMARTS) is 1. The molecule has 1 aromatic carbocycles. The summed E-state index contributed by atoms with van der Waals surface area (Å²) in [7, 11) is 1.57. The number of rotatable bonds is 7. The summed E-state index contributed by atoms with van der Waals surface area (Å²) in [5.41, 5.74) is -0.116. The van der Waals surface area contributed by atoms with E-state index in [4.69, 9.17) is 9.47 Å². The molecule has 0 heterocycles. The van der Waals surface area contributed by atoms with Gasteiger partial charge in [0.15, 0.2) is 5.72 Å². The molecule has 138 valence electrons. The molecule has 2 aliphatic rings. The summed E-state index contributed by atoms with van der Waals surface area (Å²) in [6, 6.07) is 7.90. The van der Waals surface area contributed by atoms with E-state index >= 15 is 0 Å². The molecule has 1 amide bonds. The molecule has 0 saturated heterocycles. The Morgan fingerprint density at radius 1 is 1.36 bits per heavy atom. The van der Waals surface area contributed by atoms with Crippen LogP contribution in [-0.4, -0.2) is 36.0 Å². The summed E-state index contributed by atoms with van der Waals surface area (Å²) in [6.45, 7) is 2.05. The zero-order valence-corrected chi connectivity index (χ0v) is 16.9. The first-order valence-electron chi connectivity index (χ1n) is 8.93. The fourth-order valence-corrected chi connectivity index (χ4v) is 5.57. The van der Waals surface area contributed by atoms with Gasteiger partial charge in [0.25, 0.3) is 0 Å². The van der Waals surface area contributed by atoms with Crippen LogP contribution >= 0.6 is 22.6 Å². The molecule has 0 aromatic heterocycles. The summed E-state index contributed by atoms with van der Waals surface area (Å²) in [6.07, 6.45) is 4.07. The first-order chi connectivity index (χ1) is 12.0. The molecule has 6 heteroatoms. The fraction of sp³-hybridized carbons (Fsp3) is 0.632. The summed E-state index contributed by atoms with van der Waals surface area (Å²) in [4.78, 5) is 14.0. The molecular formula is C19H26INO4. The Labute approximate surface area is 162 Å². The van der Waals surface area contributed by atoms with Crippen LogP contribution in [0.2, 0.25) is 0 Å². The molecule has 4 atom stereocenters. The molecule has 3 rings (SSSR count). The summed E-state index contributed by atoms with van der Waals surface area (Å²) >= 11 is 2.26. The van der Waals surface area contributed by atoms with Gasteiger partial charge in [-0.15, -0.1) is 0 Å². The van der Waals surface area contributed by atoms with E-state index in [0.29, 0.717) is 18.3 Å². The van der Waals surface area contributed by atoms with Gasteiger partial charge in [0, 0.05) is 22.3 Å². The Kier molecular flexibility index (Phi) is 5.90. The zero-order chi connectivity index (χ0) is 18.0. The van der Waals surface area contributed by atoms with Crippen molar-refractivity contribution in [1.82, 2.24) is 4.90 Å². The second-order valence-electron chi connectivity index (χ2n) is 7.06. The Morgan fingerprint density at radius 2 is 2.12 bits per heavy atom. The lowest BCUT2D eigenvalue weighted by Crippen LogP contribution is -2.57. The zero-order valence-electron chi connectivity index (χ0n) is 14.8. The third kappa shape index (κ3) is 3.40. The molecule has 2 bridgehead atoms. The first kappa shape index (κ1) is 18.9. The average Bonchev–Trinajstić information content (AvgIpc) is 3.22. The van der Waals surface area contributed by atoms with Crippen LogP contribution in [0, 0.1) is 15.4 Å². The number of hydrogen-bond donors (Lipinski definition) is 1. The largest absolute Gasteiger partial charge is 0.465 e. The molecule has 0 radical (unpaired) electrons. The SMILES string of the molecule is CC[C@](OCOC)(c1ccccc1I)N(C(=O)O)C1CC2CCC1C2. The van der Waals surface area contributed by atoms with Crippen LogP contribution in [0.3, 0.4) is 0 Å². The van der Waals surface area contributed by atoms with E-state index in [-0.39, 0.29) is 12.8 Å². The normalized spacial score (nSPS) is 27.2. The molecule has 1 N–H and O–H groups in total. The van der Waals surface area contributed by atoms with Crippen LogP contribution in [0.1, 0.15) is 44.6 Å². The van der Waals surface area contributed by atoms with E-state index in [1.807, 2.05) is 31.2 Å². The second-order valence-corrected chi connectivity index (χ2v) is 8.23. The maximum absolute atomic E-state index is 12.4. The van der Waals surface area contributed by atoms with Gasteiger partial charge in [0.2, 0.25) is 0 Å². The molecule has 25 heavy (non-hydrogen) atoms. The third-order valence-corrected chi connectivity index (χ3v) is 6.76. The van der Waals surface area contributed by atoms with E-state index in [2.05, 4.69) is 22.6 Å². The standard InChI is InChI=1S/C19H26INO4/c1-3-19(25-12-24-2,15-6-4-5-7-16(15)20)21(18(22)23)17-11-13-8-9-14(17)10-13/h4-7,13-14,17H,3,8-12H2,1-2H3,(H,22,23)/t13?,14?,17?,19-/m0/s1. The van der Waals surface area contributed by atoms with Crippen molar-refractivity contribution < 1.29 is 19.4 Å². The summed E-state index contributed by atoms with van der Waals surface area (Å²) < 4.78 is 12.3. The highest BCUT2D eigenvalue weighted by atomic mass is 127. The highest BCUT2D eigenvalue weighted by molar-refractivity contribution is 14.1. The van der Waals surface area contributed by atoms with Gasteiger partial charge in [-0.3, -0.25) is 4.90 Å². The number of carbonyl (C=O) groups is 1. The topological polar surface area (TPSA) is 59.0 Å². The number of ether oxygens (including phenoxy) is 2. The van der Waals surface area contributed by atoms with Crippen molar-refractivity contribution in [3.05, 3.63) is 33.4 Å². The van der Waals surface area contributed by atoms with E-state index in [1.54, 1.807) is 12.0 Å². The van der Waals surface area contributed by atoms with Gasteiger partial charge < -0.3 is 14.6 Å². The molecule has 0 spiro atoms. The number of nitrogens with zero attached hydrogens (tertiary/aromatic N) is 1. The van der Waals surface area contributed by atoms with E-state index < -0.39 is 11.8 Å². The van der Waals surface area contributed by atoms with Gasteiger partial charge in [-0.05, 0) is 66.2 Å². The number of fused-ring (bicyclic) bond motifs is 2. The van der Waals surface area contributed by atoms with Crippen molar-refractivity contribution in [3.8, 4) is 0 Å². The van der Waals surface area contributed by atoms with Crippen molar-refractivity contribution in [2.24, 2.45) is 11.8 Å². The van der Waals surface area contributed by atoms with Gasteiger partial charge >= 0.3 is 6.09 Å². The molecule has 2 aliphatic carbocycles. The molecule has 3 unspecified atom stereocenters. The first-order valence-corrected chi connectivity index (χ1v) is 10.0. The van der Waals surface area contributed by atoms with Crippen molar-refractivity contribution in [3.63, 3.8) is 0 Å². The fourth-order valence-electron chi connectivity index (χ4n) is 4.77. The smallest absolute Gasteiger partial charge is 0.410 e. The molecular weight excluding hydrogens is 433 g/mol. The predicted octanol–water partition coefficient (Wildman–Crippen LogP) is 4.64. The molecule has 0 aliphatic heterocycles. The Morgan fingerprint density at radius 3 is 2.64 bits per heavy atom. The van der Waals surface area contributed by atoms with Crippen molar-refractivity contribution in [1.29, 1.82) is 0 Å². The van der Waals surface area contributed by atoms with Crippen LogP contribution in [0.5, 0.6) is 0 Å². The molecule has 2 fully saturated rings. The Hall–Kier alpha value is -0.860. The quantitative estimate of drug-likeness (QED) is 0.477. The Bertz CT molecular complexity index is 625. The van der Waals surface area contributed by atoms with Gasteiger partial charge in [-0.25, -0.2) is 4.79 Å². The summed E-state index contributed by atoms with van der Waals surface area (Å²) in [5, 5.41) is 10.2. The number of benzene rings is 1. The highest BCUT2D eigenvalue weighted by Gasteiger charge is 2.52. The van der Waals surface area contributed by atoms with Gasteiger partial charge in [0.1, 0.15) is 6.79 Å². The Balaban J connectivity index is 2.07. The van der Waals surface area contributed by atoms with E-state index in [0.717, 1.165) is 28.4 Å². The van der Waals surface area contributed by atoms with Crippen LogP contribution in [-0.2, 0) is 15.2 Å². The molecule has 1 aromatic rings. The van der Waals surface area contributed by atoms with Gasteiger partial charge in [-0.2, -0.15) is 0 Å². The number of methoxy groups -OCH3 is 1. The number of hydrogen-bond acceptors (Lipinski definition) is 3. The van der Waals surface area contributed by atoms with E-state index in [1.165, 1.54) is 6.42 Å². The summed E-state index contributed by atoms with van der Waals surface area (Å²) in [5.74, 6) is 1.10. The van der Waals surface area contributed by atoms with Crippen LogP contribution < -0.4 is 0 Å². The molecule has 5 nitrogen and oxygen atoms in total. The minimum atomic E-state index is -1.02. The minimum absolute atomic E-state index is 0.0177. The van der Waals surface area contributed by atoms with Crippen molar-refractivity contribution >= 4 is 28.7 Å². The minimum Gasteiger partial charge on any atom is -0.465 e. The second kappa shape index (κ2) is 7.80. The van der Waals surface area contributed by atoms with Crippen molar-refractivity contribution in [2.75, 3.05) is 13.9 Å². The van der Waals surface area contributed by atoms with Crippen LogP contribution in [0.25, 0.3) is 0 Å². The third-order valence-electron chi connectivity index (χ3n) is 5.82. The van der Waals surface area contributed by atoms with Gasteiger partial charge in [-0.1, -0.05) is 31.5 Å². The average molecular weight is 459 g/mol. The lowest BCUT2D eigenvalue weighted by atomic mass is 9.89. The number of halogens is 1. The highest BCUT2D eigenvalue weighted by Crippen LogP contribution is 2.50. The lowest BCUT2D eigenvalue weighted by Gasteiger charge is -2.47. The molecule has 2 saturated carbocycles. The predicted molar refractivity (Wildman–Crippen MR) is 103 cm³/mol. The monoisotopic (exact) mass is 459 g/mol.